The van der Waals surface area contributed by atoms with Gasteiger partial charge in [0.2, 0.25) is 5.78 Å². The number of carbonyl (C=O) groups is 1. The number of aliphatic hydroxyl groups is 2. The quantitative estimate of drug-likeness (QED) is 0.150. The van der Waals surface area contributed by atoms with Crippen LogP contribution in [0.2, 0.25) is 0 Å². The van der Waals surface area contributed by atoms with Gasteiger partial charge in [0.1, 0.15) is 31.5 Å². The molecule has 1 rings (SSSR count). The molecule has 0 bridgehead atoms. The van der Waals surface area contributed by atoms with Crippen molar-refractivity contribution >= 4 is 21.7 Å². The van der Waals surface area contributed by atoms with Gasteiger partial charge in [0, 0.05) is 6.42 Å². The lowest BCUT2D eigenvalue weighted by molar-refractivity contribution is -0.837. The Hall–Kier alpha value is -1.13. The normalized spacial score (nSPS) is 20.8. The molecule has 0 saturated carbocycles. The lowest BCUT2D eigenvalue weighted by atomic mass is 10.1. The number of carbonyl (C=O) groups excluding carboxylic acids is 1. The third-order valence-electron chi connectivity index (χ3n) is 5.04. The number of quaternary nitrogens is 1. The molecule has 0 radical (unpaired) electrons. The summed E-state index contributed by atoms with van der Waals surface area (Å²) in [6.07, 6.45) is 8.19. The molecule has 2 atom stereocenters. The van der Waals surface area contributed by atoms with Crippen LogP contribution in [0, 0.1) is 0 Å². The van der Waals surface area contributed by atoms with Crippen molar-refractivity contribution in [3.63, 3.8) is 0 Å². The van der Waals surface area contributed by atoms with Gasteiger partial charge in [-0.25, -0.2) is 4.99 Å². The summed E-state index contributed by atoms with van der Waals surface area (Å²) >= 11 is 0. The smallest absolute Gasteiger partial charge is 0.267 e. The van der Waals surface area contributed by atoms with Gasteiger partial charge >= 0.3 is 0 Å². The number of allylic oxidation sites excluding steroid dienone is 1. The molecular weight excluding hydrogens is 384 g/mol. The summed E-state index contributed by atoms with van der Waals surface area (Å²) in [4.78, 5) is 17.0. The van der Waals surface area contributed by atoms with Crippen LogP contribution in [-0.2, 0) is 14.9 Å². The van der Waals surface area contributed by atoms with Gasteiger partial charge in [-0.3, -0.25) is 13.8 Å². The van der Waals surface area contributed by atoms with Crippen LogP contribution < -0.4 is 0 Å². The van der Waals surface area contributed by atoms with Gasteiger partial charge in [0.15, 0.2) is 0 Å². The summed E-state index contributed by atoms with van der Waals surface area (Å²) in [6, 6.07) is 0. The largest absolute Gasteiger partial charge is 0.390 e. The van der Waals surface area contributed by atoms with Gasteiger partial charge < -0.3 is 10.2 Å². The summed E-state index contributed by atoms with van der Waals surface area (Å²) in [5.74, 6) is -0.614. The zero-order chi connectivity index (χ0) is 21.0. The van der Waals surface area contributed by atoms with E-state index in [1.165, 1.54) is 0 Å². The van der Waals surface area contributed by atoms with E-state index in [0.717, 1.165) is 44.9 Å². The molecule has 3 N–H and O–H groups in total. The van der Waals surface area contributed by atoms with Gasteiger partial charge in [-0.15, -0.1) is 6.58 Å². The molecule has 0 saturated heterocycles. The van der Waals surface area contributed by atoms with E-state index in [1.807, 2.05) is 6.08 Å². The van der Waals surface area contributed by atoms with E-state index >= 15 is 0 Å². The van der Waals surface area contributed by atoms with Gasteiger partial charge in [-0.05, 0) is 19.3 Å². The minimum absolute atomic E-state index is 0.0342. The number of unbranched alkanes of at least 4 members (excludes halogenated alkanes) is 6. The number of Topliss-reactive ketones (excluding diaryl/α,β-unsaturated/α-hetero) is 1. The number of rotatable bonds is 16. The van der Waals surface area contributed by atoms with Crippen LogP contribution in [0.25, 0.3) is 0 Å². The maximum Gasteiger partial charge on any atom is 0.267 e. The first kappa shape index (κ1) is 24.9. The highest BCUT2D eigenvalue weighted by Crippen LogP contribution is 2.20. The van der Waals surface area contributed by atoms with E-state index in [9.17, 15) is 23.4 Å². The number of aliphatic imine (C=N–C) groups is 1. The monoisotopic (exact) mass is 419 g/mol. The minimum atomic E-state index is -4.33. The van der Waals surface area contributed by atoms with Crippen molar-refractivity contribution in [2.24, 2.45) is 4.99 Å². The predicted molar refractivity (Wildman–Crippen MR) is 109 cm³/mol. The van der Waals surface area contributed by atoms with Gasteiger partial charge in [-0.2, -0.15) is 8.42 Å². The summed E-state index contributed by atoms with van der Waals surface area (Å²) in [5, 5.41) is 19.5. The molecule has 0 spiro atoms. The fraction of sp³-hybridized carbons (Fsp3) is 0.789. The molecule has 0 aliphatic carbocycles. The fourth-order valence-electron chi connectivity index (χ4n) is 3.73. The zero-order valence-electron chi connectivity index (χ0n) is 16.6. The van der Waals surface area contributed by atoms with E-state index in [0.29, 0.717) is 25.3 Å². The van der Waals surface area contributed by atoms with Crippen LogP contribution in [0.4, 0.5) is 0 Å². The second-order valence-corrected chi connectivity index (χ2v) is 8.98. The number of ketones is 1. The van der Waals surface area contributed by atoms with Crippen molar-refractivity contribution in [2.75, 3.05) is 38.5 Å². The van der Waals surface area contributed by atoms with E-state index in [-0.39, 0.29) is 30.0 Å². The number of aliphatic hydroxyl groups excluding tert-OH is 2. The van der Waals surface area contributed by atoms with Crippen LogP contribution >= 0.6 is 0 Å². The standard InChI is InChI=1S/C19H34N2O6S/c1-2-3-4-5-6-7-8-9-10-18(24)19-20-11-12-21(19,13-14-22)15-17(23)16-28(25,26)27/h2,17,22-23H,1,3-16H2/p+1. The maximum absolute atomic E-state index is 12.7. The summed E-state index contributed by atoms with van der Waals surface area (Å²) < 4.78 is 30.9. The minimum Gasteiger partial charge on any atom is -0.390 e. The van der Waals surface area contributed by atoms with Crippen molar-refractivity contribution in [3.05, 3.63) is 12.7 Å². The first-order chi connectivity index (χ1) is 13.2. The number of amidine groups is 1. The van der Waals surface area contributed by atoms with Crippen molar-refractivity contribution in [2.45, 2.75) is 57.5 Å². The third-order valence-corrected chi connectivity index (χ3v) is 5.85. The average Bonchev–Trinajstić information content (AvgIpc) is 2.98. The highest BCUT2D eigenvalue weighted by Gasteiger charge is 2.43. The molecular formula is C19H35N2O6S+. The molecule has 162 valence electrons. The van der Waals surface area contributed by atoms with Crippen molar-refractivity contribution in [1.82, 2.24) is 0 Å². The summed E-state index contributed by atoms with van der Waals surface area (Å²) in [7, 11) is -4.33. The van der Waals surface area contributed by atoms with Crippen molar-refractivity contribution < 1.29 is 32.5 Å². The van der Waals surface area contributed by atoms with E-state index in [1.54, 1.807) is 0 Å². The van der Waals surface area contributed by atoms with E-state index in [4.69, 9.17) is 4.55 Å². The van der Waals surface area contributed by atoms with Gasteiger partial charge in [0.25, 0.3) is 16.0 Å². The topological polar surface area (TPSA) is 124 Å². The molecule has 9 heteroatoms. The second kappa shape index (κ2) is 12.4. The molecule has 8 nitrogen and oxygen atoms in total. The number of hydrogen-bond acceptors (Lipinski definition) is 6. The van der Waals surface area contributed by atoms with Crippen LogP contribution in [0.1, 0.15) is 51.4 Å². The SMILES string of the molecule is C=CCCCCCCCCC(=O)C1=NCC[N+]1(CCO)CC(O)CS(=O)(=O)O. The Kier molecular flexibility index (Phi) is 11.1. The molecule has 28 heavy (non-hydrogen) atoms. The molecule has 0 aromatic carbocycles. The molecule has 0 fully saturated rings. The first-order valence-corrected chi connectivity index (χ1v) is 11.6. The summed E-state index contributed by atoms with van der Waals surface area (Å²) in [6.45, 7) is 4.41. The zero-order valence-corrected chi connectivity index (χ0v) is 17.4. The Labute approximate surface area is 168 Å². The average molecular weight is 420 g/mol. The second-order valence-electron chi connectivity index (χ2n) is 7.48. The lowest BCUT2D eigenvalue weighted by Crippen LogP contribution is -2.59. The Balaban J connectivity index is 2.55. The van der Waals surface area contributed by atoms with Crippen molar-refractivity contribution in [3.8, 4) is 0 Å². The predicted octanol–water partition coefficient (Wildman–Crippen LogP) is 1.33. The Morgan fingerprint density at radius 2 is 1.86 bits per heavy atom. The molecule has 0 amide bonds. The highest BCUT2D eigenvalue weighted by molar-refractivity contribution is 7.85. The van der Waals surface area contributed by atoms with Crippen LogP contribution in [0.5, 0.6) is 0 Å². The molecule has 0 aromatic heterocycles. The first-order valence-electron chi connectivity index (χ1n) is 10.0. The van der Waals surface area contributed by atoms with Crippen LogP contribution in [-0.4, -0.2) is 83.9 Å². The Morgan fingerprint density at radius 3 is 2.46 bits per heavy atom. The van der Waals surface area contributed by atoms with Crippen LogP contribution in [0.15, 0.2) is 17.6 Å². The number of nitrogens with zero attached hydrogens (tertiary/aromatic N) is 2. The Bertz CT molecular complexity index is 634. The van der Waals surface area contributed by atoms with Gasteiger partial charge in [0.05, 0.1) is 13.2 Å². The fourth-order valence-corrected chi connectivity index (χ4v) is 4.32. The molecule has 1 aliphatic rings. The lowest BCUT2D eigenvalue weighted by Gasteiger charge is -2.34. The number of hydrogen-bond donors (Lipinski definition) is 3. The highest BCUT2D eigenvalue weighted by atomic mass is 32.2. The molecule has 0 aromatic rings. The van der Waals surface area contributed by atoms with Gasteiger partial charge in [-0.1, -0.05) is 31.8 Å². The summed E-state index contributed by atoms with van der Waals surface area (Å²) in [5.41, 5.74) is 0. The van der Waals surface area contributed by atoms with E-state index < -0.39 is 22.0 Å². The van der Waals surface area contributed by atoms with Crippen molar-refractivity contribution in [1.29, 1.82) is 0 Å². The molecule has 1 aliphatic heterocycles. The Morgan fingerprint density at radius 1 is 1.21 bits per heavy atom. The molecule has 1 heterocycles. The molecule has 2 unspecified atom stereocenters. The van der Waals surface area contributed by atoms with Crippen LogP contribution in [0.3, 0.4) is 0 Å². The maximum atomic E-state index is 12.7. The van der Waals surface area contributed by atoms with E-state index in [2.05, 4.69) is 11.6 Å². The third kappa shape index (κ3) is 8.91.